The Hall–Kier alpha value is -1.24. The average Bonchev–Trinajstić information content (AvgIpc) is 2.44. The van der Waals surface area contributed by atoms with Crippen molar-refractivity contribution in [3.63, 3.8) is 0 Å². The first-order valence-corrected chi connectivity index (χ1v) is 10.8. The molecule has 10 heteroatoms. The molecule has 8 nitrogen and oxygen atoms in total. The SMILES string of the molecule is CC(C)=CCCC(C)=CC(Oc1ccccc1)OP(=O)(O)OP(=O)(O)O. The molecule has 0 saturated heterocycles. The van der Waals surface area contributed by atoms with Gasteiger partial charge in [-0.1, -0.05) is 35.4 Å². The molecule has 26 heavy (non-hydrogen) atoms. The fourth-order valence-electron chi connectivity index (χ4n) is 1.91. The molecule has 146 valence electrons. The zero-order chi connectivity index (χ0) is 19.8. The van der Waals surface area contributed by atoms with E-state index in [4.69, 9.17) is 19.0 Å². The molecule has 0 spiro atoms. The van der Waals surface area contributed by atoms with E-state index in [0.29, 0.717) is 12.2 Å². The fraction of sp³-hybridized carbons (Fsp3) is 0.375. The highest BCUT2D eigenvalue weighted by Gasteiger charge is 2.35. The molecule has 0 amide bonds. The molecule has 0 aliphatic rings. The van der Waals surface area contributed by atoms with Crippen LogP contribution in [0.5, 0.6) is 5.75 Å². The largest absolute Gasteiger partial charge is 0.484 e. The molecule has 0 aliphatic heterocycles. The van der Waals surface area contributed by atoms with Crippen LogP contribution < -0.4 is 4.74 Å². The molecule has 0 aromatic heterocycles. The van der Waals surface area contributed by atoms with Gasteiger partial charge in [0.15, 0.2) is 0 Å². The number of rotatable bonds is 10. The number of hydrogen-bond donors (Lipinski definition) is 3. The summed E-state index contributed by atoms with van der Waals surface area (Å²) in [7, 11) is -10.3. The molecular formula is C16H24O8P2. The third kappa shape index (κ3) is 10.7. The lowest BCUT2D eigenvalue weighted by Gasteiger charge is -2.20. The maximum absolute atomic E-state index is 11.8. The van der Waals surface area contributed by atoms with E-state index in [1.165, 1.54) is 11.6 Å². The standard InChI is InChI=1S/C16H24O8P2/c1-13(2)8-7-9-14(3)12-16(22-15-10-5-4-6-11-15)23-26(20,21)24-25(17,18)19/h4-6,8,10-12,16H,7,9H2,1-3H3,(H,20,21)(H2,17,18,19). The molecule has 1 aromatic carbocycles. The lowest BCUT2D eigenvalue weighted by Crippen LogP contribution is -2.18. The van der Waals surface area contributed by atoms with Crippen LogP contribution in [0.3, 0.4) is 0 Å². The summed E-state index contributed by atoms with van der Waals surface area (Å²) < 4.78 is 36.7. The molecule has 3 N–H and O–H groups in total. The molecule has 1 rings (SSSR count). The van der Waals surface area contributed by atoms with Crippen LogP contribution in [-0.4, -0.2) is 21.0 Å². The highest BCUT2D eigenvalue weighted by Crippen LogP contribution is 2.58. The van der Waals surface area contributed by atoms with Crippen molar-refractivity contribution in [2.24, 2.45) is 0 Å². The van der Waals surface area contributed by atoms with Crippen LogP contribution in [0.4, 0.5) is 0 Å². The molecule has 2 unspecified atom stereocenters. The maximum atomic E-state index is 11.8. The third-order valence-corrected chi connectivity index (χ3v) is 5.10. The van der Waals surface area contributed by atoms with Gasteiger partial charge in [-0.05, 0) is 51.8 Å². The van der Waals surface area contributed by atoms with Crippen LogP contribution >= 0.6 is 15.6 Å². The third-order valence-electron chi connectivity index (χ3n) is 2.95. The summed E-state index contributed by atoms with van der Waals surface area (Å²) in [4.78, 5) is 27.0. The van der Waals surface area contributed by atoms with Gasteiger partial charge < -0.3 is 19.4 Å². The molecule has 2 atom stereocenters. The van der Waals surface area contributed by atoms with Crippen LogP contribution in [0.15, 0.2) is 53.6 Å². The van der Waals surface area contributed by atoms with Crippen LogP contribution in [0.25, 0.3) is 0 Å². The van der Waals surface area contributed by atoms with Crippen molar-refractivity contribution in [1.82, 2.24) is 0 Å². The first-order chi connectivity index (χ1) is 12.0. The first-order valence-electron chi connectivity index (χ1n) is 7.77. The second-order valence-corrected chi connectivity index (χ2v) is 8.56. The van der Waals surface area contributed by atoms with Gasteiger partial charge in [-0.2, -0.15) is 4.31 Å². The fourth-order valence-corrected chi connectivity index (χ4v) is 3.50. The minimum Gasteiger partial charge on any atom is -0.461 e. The number of hydrogen-bond acceptors (Lipinski definition) is 5. The van der Waals surface area contributed by atoms with Gasteiger partial charge in [-0.25, -0.2) is 13.7 Å². The smallest absolute Gasteiger partial charge is 0.461 e. The van der Waals surface area contributed by atoms with Gasteiger partial charge in [0.05, 0.1) is 0 Å². The van der Waals surface area contributed by atoms with Crippen LogP contribution in [0.1, 0.15) is 33.6 Å². The summed E-state index contributed by atoms with van der Waals surface area (Å²) in [5.74, 6) is 0.349. The van der Waals surface area contributed by atoms with Gasteiger partial charge in [-0.15, -0.1) is 0 Å². The predicted molar refractivity (Wildman–Crippen MR) is 97.3 cm³/mol. The molecule has 0 bridgehead atoms. The van der Waals surface area contributed by atoms with Gasteiger partial charge in [-0.3, -0.25) is 0 Å². The zero-order valence-corrected chi connectivity index (χ0v) is 16.6. The Bertz CT molecular complexity index is 719. The number of phosphoric ester groups is 1. The van der Waals surface area contributed by atoms with E-state index in [1.54, 1.807) is 37.3 Å². The summed E-state index contributed by atoms with van der Waals surface area (Å²) in [6.07, 6.45) is 3.54. The first kappa shape index (κ1) is 22.8. The molecule has 0 radical (unpaired) electrons. The summed E-state index contributed by atoms with van der Waals surface area (Å²) in [6.45, 7) is 5.74. The Kier molecular flexibility index (Phi) is 8.93. The van der Waals surface area contributed by atoms with Gasteiger partial charge in [0.2, 0.25) is 6.29 Å². The molecular weight excluding hydrogens is 382 g/mol. The topological polar surface area (TPSA) is 123 Å². The van der Waals surface area contributed by atoms with Crippen LogP contribution in [0, 0.1) is 0 Å². The number of para-hydroxylation sites is 1. The number of phosphoric acid groups is 2. The highest BCUT2D eigenvalue weighted by atomic mass is 31.3. The zero-order valence-electron chi connectivity index (χ0n) is 14.8. The highest BCUT2D eigenvalue weighted by molar-refractivity contribution is 7.60. The van der Waals surface area contributed by atoms with Crippen molar-refractivity contribution in [2.45, 2.75) is 39.9 Å². The van der Waals surface area contributed by atoms with E-state index in [0.717, 1.165) is 12.0 Å². The normalized spacial score (nSPS) is 15.8. The van der Waals surface area contributed by atoms with E-state index in [-0.39, 0.29) is 0 Å². The Morgan fingerprint density at radius 1 is 1.12 bits per heavy atom. The van der Waals surface area contributed by atoms with Crippen molar-refractivity contribution >= 4 is 15.6 Å². The molecule has 0 saturated carbocycles. The van der Waals surface area contributed by atoms with Crippen LogP contribution in [-0.2, 0) is 18.0 Å². The van der Waals surface area contributed by atoms with Crippen molar-refractivity contribution in [1.29, 1.82) is 0 Å². The van der Waals surface area contributed by atoms with E-state index >= 15 is 0 Å². The summed E-state index contributed by atoms with van der Waals surface area (Å²) >= 11 is 0. The molecule has 0 aliphatic carbocycles. The minimum absolute atomic E-state index is 0.349. The second kappa shape index (κ2) is 10.2. The number of benzene rings is 1. The van der Waals surface area contributed by atoms with Crippen molar-refractivity contribution in [3.05, 3.63) is 53.6 Å². The predicted octanol–water partition coefficient (Wildman–Crippen LogP) is 4.31. The van der Waals surface area contributed by atoms with E-state index < -0.39 is 21.9 Å². The lowest BCUT2D eigenvalue weighted by molar-refractivity contribution is 0.0203. The Labute approximate surface area is 153 Å². The maximum Gasteiger partial charge on any atom is 0.484 e. The quantitative estimate of drug-likeness (QED) is 0.298. The van der Waals surface area contributed by atoms with Crippen molar-refractivity contribution in [2.75, 3.05) is 0 Å². The second-order valence-electron chi connectivity index (χ2n) is 5.78. The Balaban J connectivity index is 2.93. The Morgan fingerprint density at radius 3 is 2.27 bits per heavy atom. The molecule has 1 aromatic rings. The number of ether oxygens (including phenoxy) is 1. The van der Waals surface area contributed by atoms with E-state index in [1.807, 2.05) is 19.9 Å². The molecule has 0 fully saturated rings. The van der Waals surface area contributed by atoms with Crippen molar-refractivity contribution in [3.8, 4) is 5.75 Å². The average molecular weight is 406 g/mol. The number of allylic oxidation sites excluding steroid dienone is 3. The summed E-state index contributed by atoms with van der Waals surface area (Å²) in [5, 5.41) is 0. The molecule has 0 heterocycles. The lowest BCUT2D eigenvalue weighted by atomic mass is 10.1. The Morgan fingerprint density at radius 2 is 1.73 bits per heavy atom. The van der Waals surface area contributed by atoms with Gasteiger partial charge in [0.25, 0.3) is 0 Å². The summed E-state index contributed by atoms with van der Waals surface area (Å²) in [5.41, 5.74) is 1.97. The van der Waals surface area contributed by atoms with Crippen molar-refractivity contribution < 1.29 is 37.4 Å². The van der Waals surface area contributed by atoms with Crippen LogP contribution in [0.2, 0.25) is 0 Å². The van der Waals surface area contributed by atoms with Gasteiger partial charge >= 0.3 is 15.6 Å². The van der Waals surface area contributed by atoms with E-state index in [9.17, 15) is 14.0 Å². The van der Waals surface area contributed by atoms with E-state index in [2.05, 4.69) is 4.31 Å². The minimum atomic E-state index is -5.21. The summed E-state index contributed by atoms with van der Waals surface area (Å²) in [6, 6.07) is 8.37. The van der Waals surface area contributed by atoms with Gasteiger partial charge in [0.1, 0.15) is 5.75 Å². The monoisotopic (exact) mass is 406 g/mol. The van der Waals surface area contributed by atoms with Gasteiger partial charge in [0, 0.05) is 0 Å².